The minimum atomic E-state index is -0.514. The highest BCUT2D eigenvalue weighted by Gasteiger charge is 2.14. The van der Waals surface area contributed by atoms with Crippen LogP contribution in [0.1, 0.15) is 53.7 Å². The lowest BCUT2D eigenvalue weighted by atomic mass is 10.0. The van der Waals surface area contributed by atoms with Gasteiger partial charge in [-0.05, 0) is 78.1 Å². The second-order valence-electron chi connectivity index (χ2n) is 9.32. The number of amides is 1. The Morgan fingerprint density at radius 2 is 1.69 bits per heavy atom. The van der Waals surface area contributed by atoms with Gasteiger partial charge in [-0.25, -0.2) is 10.2 Å². The summed E-state index contributed by atoms with van der Waals surface area (Å²) >= 11 is 0. The van der Waals surface area contributed by atoms with Gasteiger partial charge in [-0.1, -0.05) is 56.3 Å². The zero-order valence-corrected chi connectivity index (χ0v) is 22.6. The fourth-order valence-corrected chi connectivity index (χ4v) is 4.10. The molecule has 0 aliphatic heterocycles. The number of fused-ring (bicyclic) bond motifs is 1. The number of nitrogens with zero attached hydrogens (tertiary/aromatic N) is 1. The summed E-state index contributed by atoms with van der Waals surface area (Å²) in [5.74, 6) is 1.02. The van der Waals surface area contributed by atoms with E-state index < -0.39 is 11.9 Å². The van der Waals surface area contributed by atoms with Gasteiger partial charge in [-0.2, -0.15) is 5.10 Å². The normalized spacial score (nSPS) is 11.1. The van der Waals surface area contributed by atoms with Crippen molar-refractivity contribution in [2.24, 2.45) is 5.10 Å². The fourth-order valence-electron chi connectivity index (χ4n) is 4.10. The average molecular weight is 525 g/mol. The number of ether oxygens (including phenoxy) is 3. The van der Waals surface area contributed by atoms with E-state index in [0.29, 0.717) is 35.0 Å². The SMILES string of the molecule is CCOc1ccc(C(=O)Oc2ccc3ccccc3c2/C=N\NC(=O)COc2cc(C)ccc2C(C)C)cc1. The van der Waals surface area contributed by atoms with Gasteiger partial charge in [-0.3, -0.25) is 4.79 Å². The minimum absolute atomic E-state index is 0.185. The molecule has 0 saturated heterocycles. The molecule has 0 aliphatic carbocycles. The molecule has 0 saturated carbocycles. The molecule has 39 heavy (non-hydrogen) atoms. The highest BCUT2D eigenvalue weighted by atomic mass is 16.5. The van der Waals surface area contributed by atoms with Crippen molar-refractivity contribution < 1.29 is 23.8 Å². The van der Waals surface area contributed by atoms with E-state index in [1.807, 2.05) is 62.4 Å². The minimum Gasteiger partial charge on any atom is -0.494 e. The lowest BCUT2D eigenvalue weighted by Crippen LogP contribution is -2.25. The van der Waals surface area contributed by atoms with E-state index in [2.05, 4.69) is 24.4 Å². The molecule has 0 fully saturated rings. The van der Waals surface area contributed by atoms with Crippen LogP contribution in [-0.2, 0) is 4.79 Å². The third-order valence-corrected chi connectivity index (χ3v) is 6.07. The Morgan fingerprint density at radius 1 is 0.923 bits per heavy atom. The Balaban J connectivity index is 1.49. The molecular weight excluding hydrogens is 492 g/mol. The molecule has 1 amide bonds. The molecule has 0 spiro atoms. The monoisotopic (exact) mass is 524 g/mol. The molecule has 4 rings (SSSR count). The molecule has 4 aromatic rings. The summed E-state index contributed by atoms with van der Waals surface area (Å²) in [6.45, 7) is 8.38. The van der Waals surface area contributed by atoms with Crippen LogP contribution in [0, 0.1) is 6.92 Å². The molecule has 7 nitrogen and oxygen atoms in total. The van der Waals surface area contributed by atoms with Crippen LogP contribution in [0.2, 0.25) is 0 Å². The topological polar surface area (TPSA) is 86.2 Å². The summed E-state index contributed by atoms with van der Waals surface area (Å²) < 4.78 is 17.0. The number of hydrogen-bond acceptors (Lipinski definition) is 6. The summed E-state index contributed by atoms with van der Waals surface area (Å²) in [5.41, 5.74) is 5.55. The molecule has 0 bridgehead atoms. The first-order chi connectivity index (χ1) is 18.9. The number of nitrogens with one attached hydrogen (secondary N) is 1. The Bertz CT molecular complexity index is 1490. The molecule has 200 valence electrons. The molecule has 0 atom stereocenters. The zero-order valence-electron chi connectivity index (χ0n) is 22.6. The van der Waals surface area contributed by atoms with Gasteiger partial charge in [0.2, 0.25) is 0 Å². The quantitative estimate of drug-likeness (QED) is 0.112. The van der Waals surface area contributed by atoms with Crippen LogP contribution in [0.4, 0.5) is 0 Å². The van der Waals surface area contributed by atoms with Crippen LogP contribution >= 0.6 is 0 Å². The van der Waals surface area contributed by atoms with Crippen LogP contribution < -0.4 is 19.6 Å². The second-order valence-corrected chi connectivity index (χ2v) is 9.32. The molecule has 4 aromatic carbocycles. The van der Waals surface area contributed by atoms with Crippen molar-refractivity contribution in [3.8, 4) is 17.2 Å². The first kappa shape index (κ1) is 27.4. The number of aryl methyl sites for hydroxylation is 1. The number of carbonyl (C=O) groups is 2. The van der Waals surface area contributed by atoms with E-state index in [1.54, 1.807) is 30.3 Å². The van der Waals surface area contributed by atoms with Gasteiger partial charge in [0, 0.05) is 5.56 Å². The summed E-state index contributed by atoms with van der Waals surface area (Å²) in [5, 5.41) is 5.90. The maximum Gasteiger partial charge on any atom is 0.343 e. The van der Waals surface area contributed by atoms with Gasteiger partial charge < -0.3 is 14.2 Å². The van der Waals surface area contributed by atoms with Gasteiger partial charge in [0.1, 0.15) is 17.2 Å². The zero-order chi connectivity index (χ0) is 27.8. The molecular formula is C32H32N2O5. The second kappa shape index (κ2) is 12.7. The highest BCUT2D eigenvalue weighted by molar-refractivity contribution is 6.04. The van der Waals surface area contributed by atoms with Crippen molar-refractivity contribution in [1.29, 1.82) is 0 Å². The van der Waals surface area contributed by atoms with E-state index >= 15 is 0 Å². The molecule has 0 heterocycles. The smallest absolute Gasteiger partial charge is 0.343 e. The first-order valence-corrected chi connectivity index (χ1v) is 12.9. The van der Waals surface area contributed by atoms with Gasteiger partial charge in [0.15, 0.2) is 6.61 Å². The van der Waals surface area contributed by atoms with Gasteiger partial charge in [-0.15, -0.1) is 0 Å². The van der Waals surface area contributed by atoms with Crippen molar-refractivity contribution in [2.45, 2.75) is 33.6 Å². The number of hydrogen-bond donors (Lipinski definition) is 1. The van der Waals surface area contributed by atoms with Crippen LogP contribution in [0.15, 0.2) is 84.0 Å². The van der Waals surface area contributed by atoms with Gasteiger partial charge in [0.25, 0.3) is 5.91 Å². The first-order valence-electron chi connectivity index (χ1n) is 12.9. The predicted octanol–water partition coefficient (Wildman–Crippen LogP) is 6.42. The maximum atomic E-state index is 12.9. The third-order valence-electron chi connectivity index (χ3n) is 6.07. The summed E-state index contributed by atoms with van der Waals surface area (Å²) in [7, 11) is 0. The van der Waals surface area contributed by atoms with Crippen molar-refractivity contribution in [3.05, 3.63) is 101 Å². The molecule has 0 radical (unpaired) electrons. The van der Waals surface area contributed by atoms with Crippen molar-refractivity contribution in [1.82, 2.24) is 5.43 Å². The standard InChI is InChI=1S/C32H32N2O5/c1-5-37-25-14-11-24(12-15-25)32(36)39-29-17-13-23-8-6-7-9-27(23)28(29)19-33-34-31(35)20-38-30-18-22(4)10-16-26(30)21(2)3/h6-19,21H,5,20H2,1-4H3,(H,34,35)/b33-19-. The molecule has 1 N–H and O–H groups in total. The Kier molecular flexibility index (Phi) is 8.94. The van der Waals surface area contributed by atoms with Gasteiger partial charge in [0.05, 0.1) is 18.4 Å². The Hall–Kier alpha value is -4.65. The fraction of sp³-hybridized carbons (Fsp3) is 0.219. The number of hydrazone groups is 1. The number of benzene rings is 4. The van der Waals surface area contributed by atoms with Crippen molar-refractivity contribution >= 4 is 28.9 Å². The third kappa shape index (κ3) is 7.02. The van der Waals surface area contributed by atoms with Crippen LogP contribution in [0.25, 0.3) is 10.8 Å². The average Bonchev–Trinajstić information content (AvgIpc) is 2.93. The largest absolute Gasteiger partial charge is 0.494 e. The van der Waals surface area contributed by atoms with E-state index in [0.717, 1.165) is 21.9 Å². The van der Waals surface area contributed by atoms with Gasteiger partial charge >= 0.3 is 5.97 Å². The lowest BCUT2D eigenvalue weighted by molar-refractivity contribution is -0.123. The number of esters is 1. The molecule has 0 unspecified atom stereocenters. The summed E-state index contributed by atoms with van der Waals surface area (Å²) in [6, 6.07) is 24.0. The van der Waals surface area contributed by atoms with E-state index in [9.17, 15) is 9.59 Å². The van der Waals surface area contributed by atoms with Crippen LogP contribution in [0.5, 0.6) is 17.2 Å². The summed E-state index contributed by atoms with van der Waals surface area (Å²) in [6.07, 6.45) is 1.48. The Morgan fingerprint density at radius 3 is 2.44 bits per heavy atom. The Labute approximate surface area is 228 Å². The highest BCUT2D eigenvalue weighted by Crippen LogP contribution is 2.29. The van der Waals surface area contributed by atoms with E-state index in [4.69, 9.17) is 14.2 Å². The molecule has 0 aliphatic rings. The maximum absolute atomic E-state index is 12.9. The number of rotatable bonds is 10. The molecule has 7 heteroatoms. The van der Waals surface area contributed by atoms with Crippen molar-refractivity contribution in [3.63, 3.8) is 0 Å². The molecule has 0 aromatic heterocycles. The predicted molar refractivity (Wildman–Crippen MR) is 153 cm³/mol. The van der Waals surface area contributed by atoms with Crippen LogP contribution in [0.3, 0.4) is 0 Å². The van der Waals surface area contributed by atoms with Crippen LogP contribution in [-0.4, -0.2) is 31.3 Å². The number of carbonyl (C=O) groups excluding carboxylic acids is 2. The van der Waals surface area contributed by atoms with Crippen molar-refractivity contribution in [2.75, 3.05) is 13.2 Å². The lowest BCUT2D eigenvalue weighted by Gasteiger charge is -2.14. The summed E-state index contributed by atoms with van der Waals surface area (Å²) in [4.78, 5) is 25.4. The van der Waals surface area contributed by atoms with E-state index in [-0.39, 0.29) is 12.5 Å². The van der Waals surface area contributed by atoms with E-state index in [1.165, 1.54) is 6.21 Å².